The number of anilines is 1. The first kappa shape index (κ1) is 14.7. The highest BCUT2D eigenvalue weighted by Gasteiger charge is 2.26. The highest BCUT2D eigenvalue weighted by atomic mass is 32.2. The number of rotatable bonds is 4. The first-order valence-corrected chi connectivity index (χ1v) is 9.27. The standard InChI is InChI=1S/C13H20N2O2S2/c1-3-19(16,17)15-10-8-14(9-11-15)12-6-4-5-7-13(12)18-2/h4-7H,3,8-11H2,1-2H3. The van der Waals surface area contributed by atoms with Gasteiger partial charge in [0.15, 0.2) is 0 Å². The molecule has 1 heterocycles. The number of hydrogen-bond acceptors (Lipinski definition) is 4. The van der Waals surface area contributed by atoms with Crippen molar-refractivity contribution in [3.8, 4) is 0 Å². The summed E-state index contributed by atoms with van der Waals surface area (Å²) < 4.78 is 25.3. The van der Waals surface area contributed by atoms with Crippen LogP contribution in [0.3, 0.4) is 0 Å². The Morgan fingerprint density at radius 3 is 2.37 bits per heavy atom. The van der Waals surface area contributed by atoms with Gasteiger partial charge in [-0.25, -0.2) is 8.42 Å². The van der Waals surface area contributed by atoms with Crippen LogP contribution in [0.25, 0.3) is 0 Å². The Labute approximate surface area is 119 Å². The highest BCUT2D eigenvalue weighted by Crippen LogP contribution is 2.29. The fraction of sp³-hybridized carbons (Fsp3) is 0.538. The second kappa shape index (κ2) is 6.15. The van der Waals surface area contributed by atoms with Gasteiger partial charge >= 0.3 is 0 Å². The number of nitrogens with zero attached hydrogens (tertiary/aromatic N) is 2. The summed E-state index contributed by atoms with van der Waals surface area (Å²) in [6, 6.07) is 8.28. The average molecular weight is 300 g/mol. The zero-order valence-corrected chi connectivity index (χ0v) is 13.0. The maximum absolute atomic E-state index is 11.8. The van der Waals surface area contributed by atoms with Crippen molar-refractivity contribution in [2.45, 2.75) is 11.8 Å². The van der Waals surface area contributed by atoms with E-state index in [0.717, 1.165) is 13.1 Å². The third-order valence-electron chi connectivity index (χ3n) is 3.42. The van der Waals surface area contributed by atoms with E-state index in [4.69, 9.17) is 0 Å². The van der Waals surface area contributed by atoms with Gasteiger partial charge in [0.05, 0.1) is 11.4 Å². The van der Waals surface area contributed by atoms with Gasteiger partial charge in [0.25, 0.3) is 0 Å². The molecule has 1 aliphatic heterocycles. The molecule has 0 unspecified atom stereocenters. The van der Waals surface area contributed by atoms with E-state index < -0.39 is 10.0 Å². The van der Waals surface area contributed by atoms with Crippen LogP contribution in [0.2, 0.25) is 0 Å². The van der Waals surface area contributed by atoms with Crippen molar-refractivity contribution in [3.63, 3.8) is 0 Å². The molecule has 1 fully saturated rings. The zero-order valence-electron chi connectivity index (χ0n) is 11.4. The fourth-order valence-corrected chi connectivity index (χ4v) is 3.99. The number of thioether (sulfide) groups is 1. The Hall–Kier alpha value is -0.720. The molecule has 1 aliphatic rings. The second-order valence-electron chi connectivity index (χ2n) is 4.46. The minimum atomic E-state index is -3.04. The Balaban J connectivity index is 2.08. The summed E-state index contributed by atoms with van der Waals surface area (Å²) in [5.41, 5.74) is 1.21. The number of benzene rings is 1. The van der Waals surface area contributed by atoms with Crippen LogP contribution in [0.1, 0.15) is 6.92 Å². The molecule has 19 heavy (non-hydrogen) atoms. The predicted molar refractivity (Wildman–Crippen MR) is 81.5 cm³/mol. The third kappa shape index (κ3) is 3.24. The minimum Gasteiger partial charge on any atom is -0.368 e. The lowest BCUT2D eigenvalue weighted by molar-refractivity contribution is 0.385. The molecule has 6 heteroatoms. The van der Waals surface area contributed by atoms with Crippen LogP contribution in [-0.4, -0.2) is 50.9 Å². The Morgan fingerprint density at radius 2 is 1.79 bits per heavy atom. The molecule has 0 aromatic heterocycles. The van der Waals surface area contributed by atoms with E-state index in [9.17, 15) is 8.42 Å². The zero-order chi connectivity index (χ0) is 13.9. The summed E-state index contributed by atoms with van der Waals surface area (Å²) in [6.45, 7) is 4.39. The first-order chi connectivity index (χ1) is 9.08. The van der Waals surface area contributed by atoms with Gasteiger partial charge in [0.1, 0.15) is 0 Å². The fourth-order valence-electron chi connectivity index (χ4n) is 2.28. The molecule has 0 bridgehead atoms. The summed E-state index contributed by atoms with van der Waals surface area (Å²) in [7, 11) is -3.04. The van der Waals surface area contributed by atoms with Gasteiger partial charge in [0, 0.05) is 31.1 Å². The van der Waals surface area contributed by atoms with E-state index in [1.165, 1.54) is 10.6 Å². The van der Waals surface area contributed by atoms with Gasteiger partial charge in [-0.05, 0) is 25.3 Å². The smallest absolute Gasteiger partial charge is 0.213 e. The van der Waals surface area contributed by atoms with Crippen molar-refractivity contribution in [1.82, 2.24) is 4.31 Å². The van der Waals surface area contributed by atoms with Gasteiger partial charge in [-0.1, -0.05) is 12.1 Å². The molecular weight excluding hydrogens is 280 g/mol. The summed E-state index contributed by atoms with van der Waals surface area (Å²) in [5, 5.41) is 0. The lowest BCUT2D eigenvalue weighted by Gasteiger charge is -2.36. The molecule has 0 saturated carbocycles. The molecular formula is C13H20N2O2S2. The van der Waals surface area contributed by atoms with Crippen molar-refractivity contribution in [2.24, 2.45) is 0 Å². The quantitative estimate of drug-likeness (QED) is 0.796. The van der Waals surface area contributed by atoms with Crippen LogP contribution in [0.15, 0.2) is 29.2 Å². The number of piperazine rings is 1. The molecule has 0 radical (unpaired) electrons. The normalized spacial score (nSPS) is 17.7. The lowest BCUT2D eigenvalue weighted by atomic mass is 10.2. The third-order valence-corrected chi connectivity index (χ3v) is 6.09. The number of sulfonamides is 1. The molecule has 0 atom stereocenters. The topological polar surface area (TPSA) is 40.6 Å². The Morgan fingerprint density at radius 1 is 1.16 bits per heavy atom. The first-order valence-electron chi connectivity index (χ1n) is 6.44. The van der Waals surface area contributed by atoms with Crippen LogP contribution < -0.4 is 4.90 Å². The lowest BCUT2D eigenvalue weighted by Crippen LogP contribution is -2.49. The van der Waals surface area contributed by atoms with Gasteiger partial charge in [-0.15, -0.1) is 11.8 Å². The van der Waals surface area contributed by atoms with Gasteiger partial charge < -0.3 is 4.90 Å². The Kier molecular flexibility index (Phi) is 4.76. The number of para-hydroxylation sites is 1. The van der Waals surface area contributed by atoms with Crippen LogP contribution in [0.4, 0.5) is 5.69 Å². The molecule has 4 nitrogen and oxygen atoms in total. The Bertz CT molecular complexity index is 523. The van der Waals surface area contributed by atoms with Gasteiger partial charge in [-0.2, -0.15) is 4.31 Å². The number of hydrogen-bond donors (Lipinski definition) is 0. The van der Waals surface area contributed by atoms with Crippen LogP contribution in [0.5, 0.6) is 0 Å². The van der Waals surface area contributed by atoms with E-state index in [1.807, 2.05) is 12.1 Å². The van der Waals surface area contributed by atoms with E-state index in [0.29, 0.717) is 13.1 Å². The van der Waals surface area contributed by atoms with Gasteiger partial charge in [-0.3, -0.25) is 0 Å². The molecule has 0 aliphatic carbocycles. The molecule has 106 valence electrons. The SMILES string of the molecule is CCS(=O)(=O)N1CCN(c2ccccc2SC)CC1. The summed E-state index contributed by atoms with van der Waals surface area (Å²) in [5.74, 6) is 0.189. The van der Waals surface area contributed by atoms with E-state index in [-0.39, 0.29) is 5.75 Å². The second-order valence-corrected chi connectivity index (χ2v) is 7.56. The summed E-state index contributed by atoms with van der Waals surface area (Å²) in [6.07, 6.45) is 2.07. The molecule has 0 spiro atoms. The van der Waals surface area contributed by atoms with Crippen LogP contribution in [0, 0.1) is 0 Å². The van der Waals surface area contributed by atoms with Crippen molar-refractivity contribution >= 4 is 27.5 Å². The minimum absolute atomic E-state index is 0.189. The molecule has 1 aromatic carbocycles. The van der Waals surface area contributed by atoms with Crippen LogP contribution in [-0.2, 0) is 10.0 Å². The highest BCUT2D eigenvalue weighted by molar-refractivity contribution is 7.98. The van der Waals surface area contributed by atoms with Crippen molar-refractivity contribution < 1.29 is 8.42 Å². The maximum Gasteiger partial charge on any atom is 0.213 e. The summed E-state index contributed by atoms with van der Waals surface area (Å²) in [4.78, 5) is 3.52. The van der Waals surface area contributed by atoms with E-state index >= 15 is 0 Å². The van der Waals surface area contributed by atoms with Gasteiger partial charge in [0.2, 0.25) is 10.0 Å². The van der Waals surface area contributed by atoms with Crippen molar-refractivity contribution in [3.05, 3.63) is 24.3 Å². The van der Waals surface area contributed by atoms with Crippen LogP contribution >= 0.6 is 11.8 Å². The average Bonchev–Trinajstić information content (AvgIpc) is 2.47. The molecule has 1 aromatic rings. The monoisotopic (exact) mass is 300 g/mol. The molecule has 1 saturated heterocycles. The van der Waals surface area contributed by atoms with E-state index in [2.05, 4.69) is 23.3 Å². The molecule has 0 amide bonds. The summed E-state index contributed by atoms with van der Waals surface area (Å²) >= 11 is 1.73. The molecule has 0 N–H and O–H groups in total. The molecule has 2 rings (SSSR count). The van der Waals surface area contributed by atoms with Crippen molar-refractivity contribution in [2.75, 3.05) is 43.1 Å². The maximum atomic E-state index is 11.8. The largest absolute Gasteiger partial charge is 0.368 e. The predicted octanol–water partition coefficient (Wildman–Crippen LogP) is 1.88. The van der Waals surface area contributed by atoms with Crippen molar-refractivity contribution in [1.29, 1.82) is 0 Å². The van der Waals surface area contributed by atoms with E-state index in [1.54, 1.807) is 23.0 Å².